The van der Waals surface area contributed by atoms with Crippen LogP contribution in [0.5, 0.6) is 0 Å². The Hall–Kier alpha value is -1.94. The van der Waals surface area contributed by atoms with Crippen molar-refractivity contribution in [2.24, 2.45) is 5.92 Å². The zero-order valence-corrected chi connectivity index (χ0v) is 58.6. The minimum absolute atomic E-state index is 0.106. The molecule has 0 heterocycles. The van der Waals surface area contributed by atoms with Crippen molar-refractivity contribution in [3.8, 4) is 0 Å². The predicted molar refractivity (Wildman–Crippen MR) is 354 cm³/mol. The van der Waals surface area contributed by atoms with E-state index in [2.05, 4.69) is 34.6 Å². The van der Waals surface area contributed by atoms with Gasteiger partial charge in [-0.3, -0.25) is 37.3 Å². The van der Waals surface area contributed by atoms with Crippen molar-refractivity contribution in [2.45, 2.75) is 374 Å². The van der Waals surface area contributed by atoms with Crippen LogP contribution >= 0.6 is 15.6 Å². The van der Waals surface area contributed by atoms with Gasteiger partial charge in [-0.2, -0.15) is 0 Å². The molecule has 17 nitrogen and oxygen atoms in total. The summed E-state index contributed by atoms with van der Waals surface area (Å²) in [6.45, 7) is 7.17. The summed E-state index contributed by atoms with van der Waals surface area (Å²) in [4.78, 5) is 72.3. The second kappa shape index (κ2) is 62.5. The maximum atomic E-state index is 13.0. The first-order valence-corrected chi connectivity index (χ1v) is 39.1. The number of carbonyl (C=O) groups excluding carboxylic acids is 4. The number of hydrogen-bond donors (Lipinski definition) is 3. The number of esters is 4. The van der Waals surface area contributed by atoms with Crippen molar-refractivity contribution in [1.29, 1.82) is 0 Å². The van der Waals surface area contributed by atoms with Crippen molar-refractivity contribution >= 4 is 39.5 Å². The van der Waals surface area contributed by atoms with Crippen molar-refractivity contribution in [1.82, 2.24) is 0 Å². The second-order valence-electron chi connectivity index (χ2n) is 25.4. The first kappa shape index (κ1) is 86.1. The topological polar surface area (TPSA) is 237 Å². The normalized spacial score (nSPS) is 14.1. The summed E-state index contributed by atoms with van der Waals surface area (Å²) in [5.41, 5.74) is 0. The zero-order chi connectivity index (χ0) is 64.9. The van der Waals surface area contributed by atoms with Gasteiger partial charge in [0.05, 0.1) is 26.4 Å². The van der Waals surface area contributed by atoms with E-state index in [4.69, 9.17) is 37.0 Å². The number of aliphatic hydroxyl groups excluding tert-OH is 1. The Labute approximate surface area is 537 Å². The summed E-state index contributed by atoms with van der Waals surface area (Å²) < 4.78 is 68.1. The highest BCUT2D eigenvalue weighted by atomic mass is 31.2. The highest BCUT2D eigenvalue weighted by Gasteiger charge is 2.30. The minimum atomic E-state index is -4.95. The van der Waals surface area contributed by atoms with E-state index in [0.29, 0.717) is 25.7 Å². The summed E-state index contributed by atoms with van der Waals surface area (Å²) in [6, 6.07) is 0. The molecule has 0 aromatic carbocycles. The first-order chi connectivity index (χ1) is 42.5. The Morgan fingerprint density at radius 1 is 0.307 bits per heavy atom. The molecule has 0 aromatic heterocycles. The monoisotopic (exact) mass is 1300 g/mol. The number of hydrogen-bond acceptors (Lipinski definition) is 15. The summed E-state index contributed by atoms with van der Waals surface area (Å²) in [5.74, 6) is -1.40. The molecule has 0 amide bonds. The highest BCUT2D eigenvalue weighted by Crippen LogP contribution is 2.45. The predicted octanol–water partition coefficient (Wildman–Crippen LogP) is 19.7. The van der Waals surface area contributed by atoms with Gasteiger partial charge in [-0.25, -0.2) is 9.13 Å². The Morgan fingerprint density at radius 3 is 0.773 bits per heavy atom. The Balaban J connectivity index is 5.17. The van der Waals surface area contributed by atoms with Crippen LogP contribution in [0.25, 0.3) is 0 Å². The van der Waals surface area contributed by atoms with E-state index in [-0.39, 0.29) is 25.7 Å². The van der Waals surface area contributed by atoms with E-state index >= 15 is 0 Å². The lowest BCUT2D eigenvalue weighted by atomic mass is 10.0. The molecule has 19 heteroatoms. The van der Waals surface area contributed by atoms with Crippen LogP contribution in [0.15, 0.2) is 0 Å². The average Bonchev–Trinajstić information content (AvgIpc) is 3.69. The van der Waals surface area contributed by atoms with E-state index in [0.717, 1.165) is 102 Å². The molecule has 0 aliphatic rings. The molecular formula is C69H134O17P2. The molecule has 88 heavy (non-hydrogen) atoms. The third kappa shape index (κ3) is 62.8. The summed E-state index contributed by atoms with van der Waals surface area (Å²) >= 11 is 0. The molecule has 0 radical (unpaired) electrons. The Bertz CT molecular complexity index is 1700. The van der Waals surface area contributed by atoms with Crippen LogP contribution in [-0.2, 0) is 65.4 Å². The Kier molecular flexibility index (Phi) is 61.1. The average molecular weight is 1300 g/mol. The van der Waals surface area contributed by atoms with Crippen molar-refractivity contribution in [3.05, 3.63) is 0 Å². The fourth-order valence-electron chi connectivity index (χ4n) is 10.5. The molecule has 0 rings (SSSR count). The van der Waals surface area contributed by atoms with Crippen LogP contribution in [0.3, 0.4) is 0 Å². The van der Waals surface area contributed by atoms with E-state index in [1.165, 1.54) is 173 Å². The zero-order valence-electron chi connectivity index (χ0n) is 56.9. The van der Waals surface area contributed by atoms with Gasteiger partial charge in [0, 0.05) is 25.7 Å². The number of phosphoric ester groups is 2. The van der Waals surface area contributed by atoms with Crippen LogP contribution in [0.2, 0.25) is 0 Å². The number of unbranched alkanes of at least 4 members (excludes halogenated alkanes) is 41. The number of rotatable bonds is 69. The smallest absolute Gasteiger partial charge is 0.462 e. The molecule has 0 spiro atoms. The van der Waals surface area contributed by atoms with Crippen molar-refractivity contribution in [3.63, 3.8) is 0 Å². The standard InChI is InChI=1S/C69H134O17P2/c1-6-9-12-15-18-21-23-24-25-26-27-28-29-30-31-33-40-45-50-55-69(74)86-65(59-80-67(72)53-48-43-38-35-34-36-41-46-51-62(4)5)61-84-88(77,78)82-57-63(70)56-81-87(75,76)83-60-64(58-79-66(71)52-47-42-37-20-17-14-11-8-3)85-68(73)54-49-44-39-32-22-19-16-13-10-7-2/h62-65,70H,6-61H2,1-5H3,(H,75,76)(H,77,78)/t63-,64+,65+/m0/s1. The molecule has 522 valence electrons. The fraction of sp³-hybridized carbons (Fsp3) is 0.942. The minimum Gasteiger partial charge on any atom is -0.462 e. The van der Waals surface area contributed by atoms with Crippen LogP contribution < -0.4 is 0 Å². The van der Waals surface area contributed by atoms with E-state index < -0.39 is 97.5 Å². The summed E-state index contributed by atoms with van der Waals surface area (Å²) in [6.07, 6.45) is 48.7. The van der Waals surface area contributed by atoms with Crippen LogP contribution in [0.4, 0.5) is 0 Å². The van der Waals surface area contributed by atoms with Gasteiger partial charge < -0.3 is 33.8 Å². The molecule has 0 saturated carbocycles. The van der Waals surface area contributed by atoms with Gasteiger partial charge in [-0.15, -0.1) is 0 Å². The van der Waals surface area contributed by atoms with Gasteiger partial charge in [-0.1, -0.05) is 304 Å². The quantitative estimate of drug-likeness (QED) is 0.0222. The lowest BCUT2D eigenvalue weighted by molar-refractivity contribution is -0.161. The van der Waals surface area contributed by atoms with Gasteiger partial charge in [0.15, 0.2) is 12.2 Å². The van der Waals surface area contributed by atoms with E-state index in [1.54, 1.807) is 0 Å². The maximum Gasteiger partial charge on any atom is 0.472 e. The number of carbonyl (C=O) groups is 4. The third-order valence-electron chi connectivity index (χ3n) is 16.0. The molecule has 0 aliphatic carbocycles. The largest absolute Gasteiger partial charge is 0.472 e. The second-order valence-corrected chi connectivity index (χ2v) is 28.3. The summed E-state index contributed by atoms with van der Waals surface area (Å²) in [7, 11) is -9.89. The van der Waals surface area contributed by atoms with Gasteiger partial charge in [0.2, 0.25) is 0 Å². The number of ether oxygens (including phenoxy) is 4. The maximum absolute atomic E-state index is 13.0. The highest BCUT2D eigenvalue weighted by molar-refractivity contribution is 7.47. The molecule has 0 bridgehead atoms. The van der Waals surface area contributed by atoms with Gasteiger partial charge >= 0.3 is 39.5 Å². The Morgan fingerprint density at radius 2 is 0.523 bits per heavy atom. The molecule has 0 aliphatic heterocycles. The molecule has 0 fully saturated rings. The van der Waals surface area contributed by atoms with E-state index in [9.17, 15) is 43.2 Å². The molecule has 3 N–H and O–H groups in total. The summed E-state index contributed by atoms with van der Waals surface area (Å²) in [5, 5.41) is 10.6. The van der Waals surface area contributed by atoms with Crippen LogP contribution in [0, 0.1) is 5.92 Å². The molecule has 5 atom stereocenters. The first-order valence-electron chi connectivity index (χ1n) is 36.1. The van der Waals surface area contributed by atoms with Gasteiger partial charge in [0.25, 0.3) is 0 Å². The third-order valence-corrected chi connectivity index (χ3v) is 17.9. The molecule has 0 saturated heterocycles. The number of phosphoric acid groups is 2. The SMILES string of the molecule is CCCCCCCCCCCCCCCCCCCCCC(=O)O[C@H](COC(=O)CCCCCCCCCCC(C)C)COP(=O)(O)OC[C@@H](O)COP(=O)(O)OC[C@@H](COC(=O)CCCCCCCCCC)OC(=O)CCCCCCCCCCCC. The van der Waals surface area contributed by atoms with Crippen molar-refractivity contribution in [2.75, 3.05) is 39.6 Å². The molecule has 2 unspecified atom stereocenters. The molecular weight excluding hydrogens is 1160 g/mol. The van der Waals surface area contributed by atoms with Crippen LogP contribution in [0.1, 0.15) is 356 Å². The number of aliphatic hydroxyl groups is 1. The molecule has 0 aromatic rings. The fourth-order valence-corrected chi connectivity index (χ4v) is 12.0. The van der Waals surface area contributed by atoms with Gasteiger partial charge in [-0.05, 0) is 31.6 Å². The lowest BCUT2D eigenvalue weighted by Crippen LogP contribution is -2.30. The van der Waals surface area contributed by atoms with Crippen molar-refractivity contribution < 1.29 is 80.2 Å². The van der Waals surface area contributed by atoms with E-state index in [1.807, 2.05) is 0 Å². The lowest BCUT2D eigenvalue weighted by Gasteiger charge is -2.21. The van der Waals surface area contributed by atoms with Crippen LogP contribution in [-0.4, -0.2) is 96.7 Å². The van der Waals surface area contributed by atoms with Gasteiger partial charge in [0.1, 0.15) is 19.3 Å².